The molecule has 0 radical (unpaired) electrons. The Balaban J connectivity index is 2.24. The van der Waals surface area contributed by atoms with E-state index in [-0.39, 0.29) is 18.9 Å². The number of hydrogen-bond donors (Lipinski definition) is 1. The van der Waals surface area contributed by atoms with Crippen LogP contribution in [0.1, 0.15) is 24.3 Å². The predicted molar refractivity (Wildman–Crippen MR) is 74.9 cm³/mol. The second kappa shape index (κ2) is 6.23. The summed E-state index contributed by atoms with van der Waals surface area (Å²) in [4.78, 5) is 24.5. The third-order valence-electron chi connectivity index (χ3n) is 3.33. The molecule has 20 heavy (non-hydrogen) atoms. The van der Waals surface area contributed by atoms with E-state index in [2.05, 4.69) is 6.58 Å². The molecule has 0 aliphatic carbocycles. The summed E-state index contributed by atoms with van der Waals surface area (Å²) in [6.07, 6.45) is 1.78. The fourth-order valence-corrected chi connectivity index (χ4v) is 2.46. The van der Waals surface area contributed by atoms with Crippen LogP contribution < -0.4 is 4.90 Å². The van der Waals surface area contributed by atoms with Gasteiger partial charge in [0.15, 0.2) is 0 Å². The fourth-order valence-electron chi connectivity index (χ4n) is 2.46. The Hall–Kier alpha value is -2.30. The Kier molecular flexibility index (Phi) is 4.40. The number of carbonyl (C=O) groups is 2. The number of carbonyl (C=O) groups excluding carboxylic acids is 1. The molecule has 0 saturated carbocycles. The zero-order valence-corrected chi connectivity index (χ0v) is 11.1. The second-order valence-corrected chi connectivity index (χ2v) is 4.66. The number of para-hydroxylation sites is 1. The van der Waals surface area contributed by atoms with E-state index in [4.69, 9.17) is 9.84 Å². The van der Waals surface area contributed by atoms with Crippen LogP contribution in [0, 0.1) is 0 Å². The number of hydrogen-bond acceptors (Lipinski definition) is 3. The monoisotopic (exact) mass is 275 g/mol. The predicted octanol–water partition coefficient (Wildman–Crippen LogP) is 2.78. The normalized spacial score (nSPS) is 17.2. The molecule has 1 heterocycles. The SMILES string of the molecule is C=CCOC(=O)N1CCC(CC(=O)O)c2ccccc21. The molecule has 0 aromatic heterocycles. The van der Waals surface area contributed by atoms with E-state index >= 15 is 0 Å². The quantitative estimate of drug-likeness (QED) is 0.858. The highest BCUT2D eigenvalue weighted by Crippen LogP contribution is 2.37. The van der Waals surface area contributed by atoms with Crippen LogP contribution in [0.25, 0.3) is 0 Å². The topological polar surface area (TPSA) is 66.8 Å². The van der Waals surface area contributed by atoms with E-state index < -0.39 is 12.1 Å². The van der Waals surface area contributed by atoms with Crippen molar-refractivity contribution in [2.24, 2.45) is 0 Å². The number of carboxylic acids is 1. The summed E-state index contributed by atoms with van der Waals surface area (Å²) in [7, 11) is 0. The highest BCUT2D eigenvalue weighted by molar-refractivity contribution is 5.89. The number of ether oxygens (including phenoxy) is 1. The molecule has 1 unspecified atom stereocenters. The highest BCUT2D eigenvalue weighted by atomic mass is 16.6. The van der Waals surface area contributed by atoms with Crippen LogP contribution in [-0.4, -0.2) is 30.3 Å². The molecule has 0 saturated heterocycles. The first-order valence-electron chi connectivity index (χ1n) is 6.49. The lowest BCUT2D eigenvalue weighted by Crippen LogP contribution is -2.37. The van der Waals surface area contributed by atoms with Gasteiger partial charge in [0.1, 0.15) is 6.61 Å². The summed E-state index contributed by atoms with van der Waals surface area (Å²) in [6.45, 7) is 4.13. The summed E-state index contributed by atoms with van der Waals surface area (Å²) in [6, 6.07) is 7.37. The Morgan fingerprint density at radius 3 is 2.90 bits per heavy atom. The fraction of sp³-hybridized carbons (Fsp3) is 0.333. The highest BCUT2D eigenvalue weighted by Gasteiger charge is 2.30. The standard InChI is InChI=1S/C15H17NO4/c1-2-9-20-15(19)16-8-7-11(10-14(17)18)12-5-3-4-6-13(12)16/h2-6,11H,1,7-10H2,(H,17,18). The average Bonchev–Trinajstić information content (AvgIpc) is 2.44. The van der Waals surface area contributed by atoms with Crippen LogP contribution in [0.5, 0.6) is 0 Å². The summed E-state index contributed by atoms with van der Waals surface area (Å²) < 4.78 is 5.06. The average molecular weight is 275 g/mol. The molecule has 1 amide bonds. The molecule has 1 aromatic carbocycles. The second-order valence-electron chi connectivity index (χ2n) is 4.66. The number of carboxylic acid groups (broad SMARTS) is 1. The first kappa shape index (κ1) is 14.1. The zero-order chi connectivity index (χ0) is 14.5. The van der Waals surface area contributed by atoms with E-state index in [0.29, 0.717) is 13.0 Å². The van der Waals surface area contributed by atoms with Crippen molar-refractivity contribution in [3.05, 3.63) is 42.5 Å². The molecule has 1 aliphatic rings. The Bertz CT molecular complexity index is 526. The Morgan fingerprint density at radius 2 is 2.20 bits per heavy atom. The largest absolute Gasteiger partial charge is 0.481 e. The molecular formula is C15H17NO4. The van der Waals surface area contributed by atoms with Gasteiger partial charge in [0.05, 0.1) is 12.1 Å². The third kappa shape index (κ3) is 2.99. The van der Waals surface area contributed by atoms with Crippen LogP contribution >= 0.6 is 0 Å². The smallest absolute Gasteiger partial charge is 0.414 e. The summed E-state index contributed by atoms with van der Waals surface area (Å²) in [5, 5.41) is 8.97. The van der Waals surface area contributed by atoms with Gasteiger partial charge in [-0.15, -0.1) is 0 Å². The van der Waals surface area contributed by atoms with E-state index in [0.717, 1.165) is 11.3 Å². The molecule has 0 fully saturated rings. The third-order valence-corrected chi connectivity index (χ3v) is 3.33. The van der Waals surface area contributed by atoms with Gasteiger partial charge < -0.3 is 9.84 Å². The van der Waals surface area contributed by atoms with Crippen molar-refractivity contribution in [2.45, 2.75) is 18.8 Å². The van der Waals surface area contributed by atoms with E-state index in [1.807, 2.05) is 24.3 Å². The number of anilines is 1. The van der Waals surface area contributed by atoms with E-state index in [9.17, 15) is 9.59 Å². The molecule has 5 heteroatoms. The lowest BCUT2D eigenvalue weighted by atomic mass is 9.87. The molecule has 1 atom stereocenters. The van der Waals surface area contributed by atoms with Crippen molar-refractivity contribution >= 4 is 17.7 Å². The van der Waals surface area contributed by atoms with Gasteiger partial charge in [-0.25, -0.2) is 4.79 Å². The molecule has 1 N–H and O–H groups in total. The van der Waals surface area contributed by atoms with Gasteiger partial charge >= 0.3 is 12.1 Å². The van der Waals surface area contributed by atoms with Gasteiger partial charge in [0.2, 0.25) is 0 Å². The molecule has 2 rings (SSSR count). The lowest BCUT2D eigenvalue weighted by molar-refractivity contribution is -0.137. The maximum absolute atomic E-state index is 12.0. The van der Waals surface area contributed by atoms with Crippen LogP contribution in [0.4, 0.5) is 10.5 Å². The van der Waals surface area contributed by atoms with E-state index in [1.54, 1.807) is 4.90 Å². The first-order chi connectivity index (χ1) is 9.63. The van der Waals surface area contributed by atoms with Gasteiger partial charge in [0.25, 0.3) is 0 Å². The summed E-state index contributed by atoms with van der Waals surface area (Å²) >= 11 is 0. The number of fused-ring (bicyclic) bond motifs is 1. The minimum Gasteiger partial charge on any atom is -0.481 e. The van der Waals surface area contributed by atoms with Gasteiger partial charge in [-0.3, -0.25) is 9.69 Å². The molecule has 106 valence electrons. The molecule has 0 spiro atoms. The first-order valence-corrected chi connectivity index (χ1v) is 6.49. The van der Waals surface area contributed by atoms with Gasteiger partial charge in [0, 0.05) is 6.54 Å². The van der Waals surface area contributed by atoms with Gasteiger partial charge in [-0.05, 0) is 24.0 Å². The number of amides is 1. The van der Waals surface area contributed by atoms with Crippen LogP contribution in [0.3, 0.4) is 0 Å². The lowest BCUT2D eigenvalue weighted by Gasteiger charge is -2.33. The van der Waals surface area contributed by atoms with Crippen molar-refractivity contribution in [1.82, 2.24) is 0 Å². The van der Waals surface area contributed by atoms with Crippen molar-refractivity contribution in [3.63, 3.8) is 0 Å². The maximum Gasteiger partial charge on any atom is 0.414 e. The van der Waals surface area contributed by atoms with Gasteiger partial charge in [-0.2, -0.15) is 0 Å². The summed E-state index contributed by atoms with van der Waals surface area (Å²) in [5.41, 5.74) is 1.62. The zero-order valence-electron chi connectivity index (χ0n) is 11.1. The van der Waals surface area contributed by atoms with Crippen LogP contribution in [-0.2, 0) is 9.53 Å². The number of nitrogens with zero attached hydrogens (tertiary/aromatic N) is 1. The van der Waals surface area contributed by atoms with Gasteiger partial charge in [-0.1, -0.05) is 30.9 Å². The number of aliphatic carboxylic acids is 1. The minimum atomic E-state index is -0.826. The van der Waals surface area contributed by atoms with Crippen molar-refractivity contribution in [1.29, 1.82) is 0 Å². The molecule has 0 bridgehead atoms. The molecule has 1 aromatic rings. The van der Waals surface area contributed by atoms with Crippen molar-refractivity contribution in [2.75, 3.05) is 18.1 Å². The number of benzene rings is 1. The van der Waals surface area contributed by atoms with Crippen LogP contribution in [0.2, 0.25) is 0 Å². The Labute approximate surface area is 117 Å². The van der Waals surface area contributed by atoms with Crippen molar-refractivity contribution in [3.8, 4) is 0 Å². The van der Waals surface area contributed by atoms with E-state index in [1.165, 1.54) is 6.08 Å². The minimum absolute atomic E-state index is 0.0628. The molecular weight excluding hydrogens is 258 g/mol. The molecule has 1 aliphatic heterocycles. The van der Waals surface area contributed by atoms with Crippen LogP contribution in [0.15, 0.2) is 36.9 Å². The van der Waals surface area contributed by atoms with Crippen molar-refractivity contribution < 1.29 is 19.4 Å². The number of rotatable bonds is 4. The summed E-state index contributed by atoms with van der Waals surface area (Å²) in [5.74, 6) is -0.889. The molecule has 5 nitrogen and oxygen atoms in total. The maximum atomic E-state index is 12.0. The Morgan fingerprint density at radius 1 is 1.45 bits per heavy atom.